The highest BCUT2D eigenvalue weighted by molar-refractivity contribution is 5.97. The second kappa shape index (κ2) is 3.65. The van der Waals surface area contributed by atoms with Crippen LogP contribution in [0.2, 0.25) is 0 Å². The molecule has 2 aromatic rings. The minimum absolute atomic E-state index is 0.211. The lowest BCUT2D eigenvalue weighted by Crippen LogP contribution is -2.13. The number of hydrogen-bond acceptors (Lipinski definition) is 4. The molecule has 2 rings (SSSR count). The van der Waals surface area contributed by atoms with Gasteiger partial charge < -0.3 is 11.5 Å². The van der Waals surface area contributed by atoms with Crippen LogP contribution >= 0.6 is 0 Å². The van der Waals surface area contributed by atoms with Gasteiger partial charge in [-0.15, -0.1) is 0 Å². The van der Waals surface area contributed by atoms with Gasteiger partial charge in [0, 0.05) is 6.20 Å². The summed E-state index contributed by atoms with van der Waals surface area (Å²) < 4.78 is 1.45. The zero-order valence-electron chi connectivity index (χ0n) is 8.71. The summed E-state index contributed by atoms with van der Waals surface area (Å²) in [7, 11) is 0. The Bertz CT molecular complexity index is 546. The minimum Gasteiger partial charge on any atom is -0.383 e. The molecule has 0 spiro atoms. The summed E-state index contributed by atoms with van der Waals surface area (Å²) in [6, 6.07) is 1.83. The summed E-state index contributed by atoms with van der Waals surface area (Å²) in [4.78, 5) is 15.0. The molecule has 82 valence electrons. The van der Waals surface area contributed by atoms with Crippen molar-refractivity contribution >= 4 is 11.7 Å². The van der Waals surface area contributed by atoms with E-state index in [4.69, 9.17) is 11.5 Å². The summed E-state index contributed by atoms with van der Waals surface area (Å²) in [5, 5.41) is 4.02. The van der Waals surface area contributed by atoms with Crippen LogP contribution in [0.4, 0.5) is 5.82 Å². The van der Waals surface area contributed by atoms with Crippen molar-refractivity contribution in [3.63, 3.8) is 0 Å². The number of amides is 1. The quantitative estimate of drug-likeness (QED) is 0.753. The second-order valence-electron chi connectivity index (χ2n) is 3.38. The number of nitrogens with two attached hydrogens (primary N) is 2. The van der Waals surface area contributed by atoms with Crippen LogP contribution in [-0.4, -0.2) is 20.7 Å². The van der Waals surface area contributed by atoms with Crippen LogP contribution in [-0.2, 0) is 0 Å². The van der Waals surface area contributed by atoms with Gasteiger partial charge >= 0.3 is 0 Å². The zero-order valence-corrected chi connectivity index (χ0v) is 8.71. The summed E-state index contributed by atoms with van der Waals surface area (Å²) >= 11 is 0. The number of carbonyl (C=O) groups excluding carboxylic acids is 1. The van der Waals surface area contributed by atoms with E-state index in [1.54, 1.807) is 12.4 Å². The number of primary amides is 1. The van der Waals surface area contributed by atoms with Crippen LogP contribution in [0.3, 0.4) is 0 Å². The Balaban J connectivity index is 2.58. The molecule has 0 aromatic carbocycles. The van der Waals surface area contributed by atoms with Gasteiger partial charge in [0.05, 0.1) is 18.1 Å². The number of carbonyl (C=O) groups is 1. The SMILES string of the molecule is Cc1ccncc1-n1ncc(C(N)=O)c1N. The Kier molecular flexibility index (Phi) is 2.32. The largest absolute Gasteiger partial charge is 0.383 e. The predicted octanol–water partition coefficient (Wildman–Crippen LogP) is 0.257. The third-order valence-corrected chi connectivity index (χ3v) is 2.31. The van der Waals surface area contributed by atoms with E-state index in [1.165, 1.54) is 10.9 Å². The maximum Gasteiger partial charge on any atom is 0.254 e. The van der Waals surface area contributed by atoms with Crippen molar-refractivity contribution in [1.82, 2.24) is 14.8 Å². The summed E-state index contributed by atoms with van der Waals surface area (Å²) in [6.45, 7) is 1.90. The molecular weight excluding hydrogens is 206 g/mol. The van der Waals surface area contributed by atoms with Crippen molar-refractivity contribution in [2.24, 2.45) is 5.73 Å². The Labute approximate surface area is 91.9 Å². The van der Waals surface area contributed by atoms with Gasteiger partial charge in [0.2, 0.25) is 0 Å². The zero-order chi connectivity index (χ0) is 11.7. The number of nitrogen functional groups attached to an aromatic ring is 1. The third-order valence-electron chi connectivity index (χ3n) is 2.31. The molecule has 0 radical (unpaired) electrons. The molecule has 2 heterocycles. The van der Waals surface area contributed by atoms with Crippen molar-refractivity contribution in [3.05, 3.63) is 35.8 Å². The van der Waals surface area contributed by atoms with Crippen molar-refractivity contribution in [2.75, 3.05) is 5.73 Å². The third kappa shape index (κ3) is 1.50. The number of pyridine rings is 1. The molecular formula is C10H11N5O. The highest BCUT2D eigenvalue weighted by Gasteiger charge is 2.14. The van der Waals surface area contributed by atoms with E-state index in [1.807, 2.05) is 13.0 Å². The molecule has 16 heavy (non-hydrogen) atoms. The average Bonchev–Trinajstić information content (AvgIpc) is 2.61. The minimum atomic E-state index is -0.592. The summed E-state index contributed by atoms with van der Waals surface area (Å²) in [5.41, 5.74) is 12.8. The van der Waals surface area contributed by atoms with Crippen LogP contribution in [0, 0.1) is 6.92 Å². The van der Waals surface area contributed by atoms with Crippen molar-refractivity contribution in [3.8, 4) is 5.69 Å². The lowest BCUT2D eigenvalue weighted by atomic mass is 10.2. The summed E-state index contributed by atoms with van der Waals surface area (Å²) in [5.74, 6) is -0.367. The van der Waals surface area contributed by atoms with E-state index in [9.17, 15) is 4.79 Å². The van der Waals surface area contributed by atoms with Gasteiger partial charge in [0.1, 0.15) is 11.4 Å². The Morgan fingerprint density at radius 2 is 2.19 bits per heavy atom. The number of nitrogens with zero attached hydrogens (tertiary/aromatic N) is 3. The highest BCUT2D eigenvalue weighted by atomic mass is 16.1. The van der Waals surface area contributed by atoms with Gasteiger partial charge in [0.15, 0.2) is 0 Å². The van der Waals surface area contributed by atoms with Gasteiger partial charge in [-0.05, 0) is 18.6 Å². The van der Waals surface area contributed by atoms with E-state index in [0.717, 1.165) is 11.3 Å². The fourth-order valence-electron chi connectivity index (χ4n) is 1.42. The molecule has 6 nitrogen and oxygen atoms in total. The fourth-order valence-corrected chi connectivity index (χ4v) is 1.42. The van der Waals surface area contributed by atoms with E-state index in [-0.39, 0.29) is 11.4 Å². The van der Waals surface area contributed by atoms with Crippen LogP contribution in [0.5, 0.6) is 0 Å². The summed E-state index contributed by atoms with van der Waals surface area (Å²) in [6.07, 6.45) is 4.65. The molecule has 2 aromatic heterocycles. The number of aromatic nitrogens is 3. The van der Waals surface area contributed by atoms with E-state index in [0.29, 0.717) is 0 Å². The molecule has 0 saturated carbocycles. The first kappa shape index (κ1) is 10.2. The van der Waals surface area contributed by atoms with Crippen molar-refractivity contribution in [1.29, 1.82) is 0 Å². The molecule has 0 aliphatic heterocycles. The van der Waals surface area contributed by atoms with E-state index >= 15 is 0 Å². The average molecular weight is 217 g/mol. The van der Waals surface area contributed by atoms with E-state index in [2.05, 4.69) is 10.1 Å². The van der Waals surface area contributed by atoms with Gasteiger partial charge in [-0.25, -0.2) is 4.68 Å². The predicted molar refractivity (Wildman–Crippen MR) is 59.0 cm³/mol. The monoisotopic (exact) mass is 217 g/mol. The number of aryl methyl sites for hydroxylation is 1. The van der Waals surface area contributed by atoms with Gasteiger partial charge in [-0.2, -0.15) is 5.10 Å². The van der Waals surface area contributed by atoms with Gasteiger partial charge in [0.25, 0.3) is 5.91 Å². The molecule has 0 unspecified atom stereocenters. The van der Waals surface area contributed by atoms with Gasteiger partial charge in [-0.1, -0.05) is 0 Å². The molecule has 0 aliphatic rings. The Morgan fingerprint density at radius 3 is 2.75 bits per heavy atom. The second-order valence-corrected chi connectivity index (χ2v) is 3.38. The molecule has 0 fully saturated rings. The molecule has 6 heteroatoms. The Hall–Kier alpha value is -2.37. The molecule has 0 atom stereocenters. The highest BCUT2D eigenvalue weighted by Crippen LogP contribution is 2.18. The number of hydrogen-bond donors (Lipinski definition) is 2. The number of anilines is 1. The molecule has 0 aliphatic carbocycles. The van der Waals surface area contributed by atoms with Gasteiger partial charge in [-0.3, -0.25) is 9.78 Å². The van der Waals surface area contributed by atoms with E-state index < -0.39 is 5.91 Å². The Morgan fingerprint density at radius 1 is 1.44 bits per heavy atom. The molecule has 1 amide bonds. The van der Waals surface area contributed by atoms with Crippen LogP contribution < -0.4 is 11.5 Å². The first-order valence-electron chi connectivity index (χ1n) is 4.65. The van der Waals surface area contributed by atoms with Crippen molar-refractivity contribution in [2.45, 2.75) is 6.92 Å². The van der Waals surface area contributed by atoms with Crippen LogP contribution in [0.15, 0.2) is 24.7 Å². The van der Waals surface area contributed by atoms with Crippen LogP contribution in [0.25, 0.3) is 5.69 Å². The normalized spacial score (nSPS) is 10.3. The molecule has 0 saturated heterocycles. The molecule has 0 bridgehead atoms. The first-order chi connectivity index (χ1) is 7.61. The van der Waals surface area contributed by atoms with Crippen LogP contribution in [0.1, 0.15) is 15.9 Å². The topological polar surface area (TPSA) is 99.8 Å². The lowest BCUT2D eigenvalue weighted by molar-refractivity contribution is 0.100. The molecule has 4 N–H and O–H groups in total. The maximum atomic E-state index is 11.0. The van der Waals surface area contributed by atoms with Crippen molar-refractivity contribution < 1.29 is 4.79 Å². The number of rotatable bonds is 2. The standard InChI is InChI=1S/C10H11N5O/c1-6-2-3-13-5-8(6)15-9(11)7(4-14-15)10(12)16/h2-5H,11H2,1H3,(H2,12,16). The fraction of sp³-hybridized carbons (Fsp3) is 0.100. The maximum absolute atomic E-state index is 11.0. The smallest absolute Gasteiger partial charge is 0.254 e. The first-order valence-corrected chi connectivity index (χ1v) is 4.65. The lowest BCUT2D eigenvalue weighted by Gasteiger charge is -2.06.